The zero-order chi connectivity index (χ0) is 16.2. The van der Waals surface area contributed by atoms with E-state index in [0.29, 0.717) is 5.75 Å². The minimum Gasteiger partial charge on any atom is -0.487 e. The standard InChI is InChI=1S/C17H14N2O3S/c1-12-5-7-13(8-6-12)17-18-14(11-23-17)10-22-16-4-2-3-15(9-16)19(20)21/h2-9,11H,10H2,1H3. The Morgan fingerprint density at radius 1 is 1.22 bits per heavy atom. The normalized spacial score (nSPS) is 10.5. The molecule has 0 atom stereocenters. The quantitative estimate of drug-likeness (QED) is 0.507. The second kappa shape index (κ2) is 6.58. The molecule has 3 rings (SSSR count). The van der Waals surface area contributed by atoms with Crippen LogP contribution in [0.2, 0.25) is 0 Å². The summed E-state index contributed by atoms with van der Waals surface area (Å²) >= 11 is 1.55. The van der Waals surface area contributed by atoms with Gasteiger partial charge in [0, 0.05) is 17.0 Å². The number of nitro groups is 1. The third-order valence-electron chi connectivity index (χ3n) is 3.27. The molecule has 0 unspecified atom stereocenters. The van der Waals surface area contributed by atoms with Gasteiger partial charge >= 0.3 is 0 Å². The van der Waals surface area contributed by atoms with Crippen molar-refractivity contribution >= 4 is 17.0 Å². The molecule has 6 heteroatoms. The van der Waals surface area contributed by atoms with Gasteiger partial charge in [-0.1, -0.05) is 35.9 Å². The van der Waals surface area contributed by atoms with Gasteiger partial charge < -0.3 is 4.74 Å². The van der Waals surface area contributed by atoms with Gasteiger partial charge in [0.25, 0.3) is 5.69 Å². The molecule has 0 amide bonds. The number of aromatic nitrogens is 1. The van der Waals surface area contributed by atoms with Crippen LogP contribution in [0.5, 0.6) is 5.75 Å². The first-order valence-corrected chi connectivity index (χ1v) is 7.88. The summed E-state index contributed by atoms with van der Waals surface area (Å²) in [7, 11) is 0. The molecular formula is C17H14N2O3S. The first-order valence-electron chi connectivity index (χ1n) is 7.00. The molecule has 0 aliphatic rings. The highest BCUT2D eigenvalue weighted by atomic mass is 32.1. The molecule has 0 saturated heterocycles. The van der Waals surface area contributed by atoms with Crippen LogP contribution in [0.3, 0.4) is 0 Å². The van der Waals surface area contributed by atoms with E-state index in [1.807, 2.05) is 24.4 Å². The summed E-state index contributed by atoms with van der Waals surface area (Å²) in [6.07, 6.45) is 0. The smallest absolute Gasteiger partial charge is 0.273 e. The van der Waals surface area contributed by atoms with Gasteiger partial charge in [0.1, 0.15) is 17.4 Å². The summed E-state index contributed by atoms with van der Waals surface area (Å²) in [6.45, 7) is 2.33. The SMILES string of the molecule is Cc1ccc(-c2nc(COc3cccc([N+](=O)[O-])c3)cs2)cc1. The Morgan fingerprint density at radius 3 is 2.74 bits per heavy atom. The summed E-state index contributed by atoms with van der Waals surface area (Å²) < 4.78 is 5.59. The third kappa shape index (κ3) is 3.73. The van der Waals surface area contributed by atoms with Crippen LogP contribution in [0.25, 0.3) is 10.6 Å². The van der Waals surface area contributed by atoms with E-state index in [2.05, 4.69) is 17.1 Å². The molecule has 0 aliphatic heterocycles. The maximum atomic E-state index is 10.8. The molecular weight excluding hydrogens is 312 g/mol. The zero-order valence-corrected chi connectivity index (χ0v) is 13.2. The van der Waals surface area contributed by atoms with E-state index in [0.717, 1.165) is 16.3 Å². The maximum Gasteiger partial charge on any atom is 0.273 e. The van der Waals surface area contributed by atoms with Crippen molar-refractivity contribution in [3.63, 3.8) is 0 Å². The van der Waals surface area contributed by atoms with Gasteiger partial charge in [0.15, 0.2) is 0 Å². The maximum absolute atomic E-state index is 10.8. The molecule has 23 heavy (non-hydrogen) atoms. The van der Waals surface area contributed by atoms with E-state index in [4.69, 9.17) is 4.74 Å². The lowest BCUT2D eigenvalue weighted by molar-refractivity contribution is -0.384. The lowest BCUT2D eigenvalue weighted by atomic mass is 10.2. The fourth-order valence-electron chi connectivity index (χ4n) is 2.05. The highest BCUT2D eigenvalue weighted by molar-refractivity contribution is 7.13. The molecule has 1 heterocycles. The molecule has 3 aromatic rings. The Labute approximate surface area is 137 Å². The molecule has 0 saturated carbocycles. The Balaban J connectivity index is 1.69. The van der Waals surface area contributed by atoms with E-state index >= 15 is 0 Å². The fraction of sp³-hybridized carbons (Fsp3) is 0.118. The predicted octanol–water partition coefficient (Wildman–Crippen LogP) is 4.61. The molecule has 0 fully saturated rings. The Bertz CT molecular complexity index is 828. The van der Waals surface area contributed by atoms with Crippen LogP contribution in [0.15, 0.2) is 53.9 Å². The van der Waals surface area contributed by atoms with Gasteiger partial charge in [-0.25, -0.2) is 4.98 Å². The monoisotopic (exact) mass is 326 g/mol. The molecule has 0 aliphatic carbocycles. The van der Waals surface area contributed by atoms with Gasteiger partial charge in [-0.2, -0.15) is 0 Å². The van der Waals surface area contributed by atoms with Crippen molar-refractivity contribution < 1.29 is 9.66 Å². The molecule has 2 aromatic carbocycles. The van der Waals surface area contributed by atoms with Crippen LogP contribution in [0.4, 0.5) is 5.69 Å². The van der Waals surface area contributed by atoms with E-state index in [1.165, 1.54) is 17.7 Å². The highest BCUT2D eigenvalue weighted by Crippen LogP contribution is 2.25. The number of aryl methyl sites for hydroxylation is 1. The molecule has 0 bridgehead atoms. The van der Waals surface area contributed by atoms with Crippen LogP contribution in [0, 0.1) is 17.0 Å². The van der Waals surface area contributed by atoms with Crippen molar-refractivity contribution in [3.8, 4) is 16.3 Å². The average Bonchev–Trinajstić information content (AvgIpc) is 3.03. The van der Waals surface area contributed by atoms with Gasteiger partial charge in [-0.3, -0.25) is 10.1 Å². The minimum absolute atomic E-state index is 0.0149. The highest BCUT2D eigenvalue weighted by Gasteiger charge is 2.08. The Hall–Kier alpha value is -2.73. The van der Waals surface area contributed by atoms with E-state index in [1.54, 1.807) is 23.5 Å². The number of ether oxygens (including phenoxy) is 1. The summed E-state index contributed by atoms with van der Waals surface area (Å²) in [5, 5.41) is 13.6. The topological polar surface area (TPSA) is 65.3 Å². The van der Waals surface area contributed by atoms with Crippen molar-refractivity contribution in [2.24, 2.45) is 0 Å². The van der Waals surface area contributed by atoms with Gasteiger partial charge in [0.05, 0.1) is 16.7 Å². The van der Waals surface area contributed by atoms with Gasteiger partial charge in [-0.15, -0.1) is 11.3 Å². The molecule has 5 nitrogen and oxygen atoms in total. The van der Waals surface area contributed by atoms with Crippen molar-refractivity contribution in [3.05, 3.63) is 75.3 Å². The molecule has 0 radical (unpaired) electrons. The number of hydrogen-bond donors (Lipinski definition) is 0. The van der Waals surface area contributed by atoms with Crippen molar-refractivity contribution in [2.45, 2.75) is 13.5 Å². The first kappa shape index (κ1) is 15.2. The number of nitro benzene ring substituents is 1. The summed E-state index contributed by atoms with van der Waals surface area (Å²) in [5.74, 6) is 0.462. The van der Waals surface area contributed by atoms with Crippen LogP contribution in [0.1, 0.15) is 11.3 Å². The van der Waals surface area contributed by atoms with Crippen LogP contribution in [-0.2, 0) is 6.61 Å². The Kier molecular flexibility index (Phi) is 4.34. The summed E-state index contributed by atoms with van der Waals surface area (Å²) in [6, 6.07) is 14.3. The van der Waals surface area contributed by atoms with E-state index in [9.17, 15) is 10.1 Å². The Morgan fingerprint density at radius 2 is 2.00 bits per heavy atom. The van der Waals surface area contributed by atoms with Crippen molar-refractivity contribution in [1.29, 1.82) is 0 Å². The molecule has 0 N–H and O–H groups in total. The lowest BCUT2D eigenvalue weighted by Crippen LogP contribution is -1.96. The minimum atomic E-state index is -0.439. The van der Waals surface area contributed by atoms with E-state index in [-0.39, 0.29) is 12.3 Å². The van der Waals surface area contributed by atoms with Crippen molar-refractivity contribution in [2.75, 3.05) is 0 Å². The van der Waals surface area contributed by atoms with Crippen LogP contribution in [-0.4, -0.2) is 9.91 Å². The summed E-state index contributed by atoms with van der Waals surface area (Å²) in [4.78, 5) is 14.9. The molecule has 1 aromatic heterocycles. The van der Waals surface area contributed by atoms with Gasteiger partial charge in [-0.05, 0) is 13.0 Å². The van der Waals surface area contributed by atoms with Crippen LogP contribution < -0.4 is 4.74 Å². The zero-order valence-electron chi connectivity index (χ0n) is 12.4. The second-order valence-corrected chi connectivity index (χ2v) is 5.91. The summed E-state index contributed by atoms with van der Waals surface area (Å²) in [5.41, 5.74) is 3.10. The largest absolute Gasteiger partial charge is 0.487 e. The van der Waals surface area contributed by atoms with Crippen molar-refractivity contribution in [1.82, 2.24) is 4.98 Å². The average molecular weight is 326 g/mol. The number of hydrogen-bond acceptors (Lipinski definition) is 5. The van der Waals surface area contributed by atoms with Crippen LogP contribution >= 0.6 is 11.3 Å². The molecule has 116 valence electrons. The number of thiazole rings is 1. The lowest BCUT2D eigenvalue weighted by Gasteiger charge is -2.03. The number of non-ortho nitro benzene ring substituents is 1. The fourth-order valence-corrected chi connectivity index (χ4v) is 2.86. The number of rotatable bonds is 5. The second-order valence-electron chi connectivity index (χ2n) is 5.05. The van der Waals surface area contributed by atoms with E-state index < -0.39 is 4.92 Å². The van der Waals surface area contributed by atoms with Gasteiger partial charge in [0.2, 0.25) is 0 Å². The molecule has 0 spiro atoms. The third-order valence-corrected chi connectivity index (χ3v) is 4.21. The number of nitrogens with zero attached hydrogens (tertiary/aromatic N) is 2. The first-order chi connectivity index (χ1) is 11.1. The number of benzene rings is 2. The predicted molar refractivity (Wildman–Crippen MR) is 89.7 cm³/mol.